The molecule has 18 rings (SSSR count). The summed E-state index contributed by atoms with van der Waals surface area (Å²) >= 11 is 0. The molecule has 0 amide bonds. The van der Waals surface area contributed by atoms with Crippen LogP contribution in [0.3, 0.4) is 0 Å². The summed E-state index contributed by atoms with van der Waals surface area (Å²) < 4.78 is 52.6. The maximum atomic E-state index is 19.0. The van der Waals surface area contributed by atoms with Crippen LogP contribution < -0.4 is 9.80 Å². The van der Waals surface area contributed by atoms with E-state index in [1.807, 2.05) is 133 Å². The lowest BCUT2D eigenvalue weighted by molar-refractivity contribution is 0.631. The number of halogens is 2. The average molecular weight is 1240 g/mol. The van der Waals surface area contributed by atoms with E-state index in [-0.39, 0.29) is 0 Å². The first-order chi connectivity index (χ1) is 47.3. The molecule has 0 aliphatic rings. The van der Waals surface area contributed by atoms with Gasteiger partial charge in [-0.05, 0) is 140 Å². The number of fused-ring (bicyclic) bond motifs is 6. The van der Waals surface area contributed by atoms with Gasteiger partial charge in [0.1, 0.15) is 11.2 Å². The number of aryl methyl sites for hydroxylation is 2. The lowest BCUT2D eigenvalue weighted by Gasteiger charge is -2.30. The number of benzene rings is 16. The SMILES string of the molecule is Cc1ccccc1-c1cccc2c1oc1c(N(c3cc(-c4ccccc4)cc(-c4ccccc4)c3F)c3ccc4ccc5c(N(c6cc(-c7ccccc7)cc(-c7ccccc7)c6F)c6cccc7c6oc6c(-c8ccccc8C)cccc67)ccc6ccc3c4c65)cccc12. The topological polar surface area (TPSA) is 32.8 Å². The van der Waals surface area contributed by atoms with Crippen LogP contribution in [0.15, 0.2) is 324 Å². The zero-order chi connectivity index (χ0) is 64.1. The molecule has 0 unspecified atom stereocenters. The van der Waals surface area contributed by atoms with E-state index in [2.05, 4.69) is 206 Å². The monoisotopic (exact) mass is 1240 g/mol. The maximum absolute atomic E-state index is 19.0. The number of hydrogen-bond donors (Lipinski definition) is 0. The van der Waals surface area contributed by atoms with Crippen LogP contribution in [0, 0.1) is 25.5 Å². The number of anilines is 6. The first-order valence-electron chi connectivity index (χ1n) is 32.5. The van der Waals surface area contributed by atoms with Crippen LogP contribution in [0.25, 0.3) is 143 Å². The minimum Gasteiger partial charge on any atom is -0.453 e. The molecule has 0 radical (unpaired) electrons. The Labute approximate surface area is 553 Å². The Morgan fingerprint density at radius 1 is 0.229 bits per heavy atom. The van der Waals surface area contributed by atoms with Gasteiger partial charge in [-0.1, -0.05) is 267 Å². The molecule has 2 heterocycles. The van der Waals surface area contributed by atoms with Crippen molar-refractivity contribution in [1.29, 1.82) is 0 Å². The zero-order valence-electron chi connectivity index (χ0n) is 52.5. The van der Waals surface area contributed by atoms with Gasteiger partial charge < -0.3 is 18.6 Å². The van der Waals surface area contributed by atoms with E-state index in [9.17, 15) is 0 Å². The smallest absolute Gasteiger partial charge is 0.159 e. The Bertz CT molecular complexity index is 5700. The highest BCUT2D eigenvalue weighted by Gasteiger charge is 2.31. The molecular formula is C90H58F2N2O2. The number of nitrogens with zero attached hydrogens (tertiary/aromatic N) is 2. The molecule has 4 nitrogen and oxygen atoms in total. The van der Waals surface area contributed by atoms with E-state index in [1.165, 1.54) is 0 Å². The van der Waals surface area contributed by atoms with Crippen molar-refractivity contribution >= 4 is 110 Å². The molecule has 0 aliphatic carbocycles. The van der Waals surface area contributed by atoms with E-state index in [1.54, 1.807) is 0 Å². The van der Waals surface area contributed by atoms with Crippen molar-refractivity contribution in [2.75, 3.05) is 9.80 Å². The predicted octanol–water partition coefficient (Wildman–Crippen LogP) is 26.2. The molecule has 0 aliphatic heterocycles. The summed E-state index contributed by atoms with van der Waals surface area (Å²) in [6.07, 6.45) is 0. The Morgan fingerprint density at radius 3 is 0.958 bits per heavy atom. The van der Waals surface area contributed by atoms with Crippen molar-refractivity contribution in [2.24, 2.45) is 0 Å². The standard InChI is InChI=1S/C90H58F2N2O2/c1-55-23-15-17-33-65(55)67-35-19-37-69-71-39-21-41-79(89(71)95-87(67)69)93(81-53-63(57-25-7-3-8-26-57)51-75(85(81)91)59-29-11-5-12-30-59)77-49-45-61-44-48-74-78(50-46-62-43-47-73(77)83(61)84(62)74)94(82-54-64(58-27-9-4-10-28-58)52-76(86(82)92)60-31-13-6-14-32-60)80-42-22-40-72-70-38-20-36-68(88(70)96-90(72)80)66-34-18-16-24-56(66)2/h3-54H,1-2H3. The highest BCUT2D eigenvalue weighted by Crippen LogP contribution is 2.54. The number of para-hydroxylation sites is 4. The second-order valence-electron chi connectivity index (χ2n) is 24.9. The summed E-state index contributed by atoms with van der Waals surface area (Å²) in [5.74, 6) is -0.780. The van der Waals surface area contributed by atoms with E-state index in [0.29, 0.717) is 45.0 Å². The second-order valence-corrected chi connectivity index (χ2v) is 24.9. The van der Waals surface area contributed by atoms with Gasteiger partial charge in [-0.25, -0.2) is 8.78 Å². The van der Waals surface area contributed by atoms with E-state index in [0.717, 1.165) is 143 Å². The summed E-state index contributed by atoms with van der Waals surface area (Å²) in [7, 11) is 0. The van der Waals surface area contributed by atoms with Crippen LogP contribution in [-0.4, -0.2) is 0 Å². The third-order valence-electron chi connectivity index (χ3n) is 19.4. The van der Waals surface area contributed by atoms with Crippen molar-refractivity contribution in [2.45, 2.75) is 13.8 Å². The van der Waals surface area contributed by atoms with Crippen LogP contribution in [0.5, 0.6) is 0 Å². The minimum atomic E-state index is -0.390. The third-order valence-corrected chi connectivity index (χ3v) is 19.4. The summed E-state index contributed by atoms with van der Waals surface area (Å²) in [4.78, 5) is 4.16. The second kappa shape index (κ2) is 22.7. The van der Waals surface area contributed by atoms with Gasteiger partial charge in [0.05, 0.1) is 34.1 Å². The molecule has 6 heteroatoms. The number of furan rings is 2. The van der Waals surface area contributed by atoms with Gasteiger partial charge in [0, 0.05) is 54.6 Å². The molecule has 0 atom stereocenters. The van der Waals surface area contributed by atoms with Crippen LogP contribution >= 0.6 is 0 Å². The molecule has 0 N–H and O–H groups in total. The third kappa shape index (κ3) is 9.09. The molecule has 0 fully saturated rings. The van der Waals surface area contributed by atoms with Gasteiger partial charge in [-0.2, -0.15) is 0 Å². The molecule has 96 heavy (non-hydrogen) atoms. The number of hydrogen-bond acceptors (Lipinski definition) is 4. The van der Waals surface area contributed by atoms with Crippen LogP contribution in [0.2, 0.25) is 0 Å². The Hall–Kier alpha value is -12.4. The number of rotatable bonds is 12. The highest BCUT2D eigenvalue weighted by atomic mass is 19.1. The van der Waals surface area contributed by atoms with Crippen LogP contribution in [0.1, 0.15) is 11.1 Å². The molecule has 0 saturated heterocycles. The molecule has 2 aromatic heterocycles. The summed E-state index contributed by atoms with van der Waals surface area (Å²) in [5, 5.41) is 9.35. The van der Waals surface area contributed by atoms with E-state index >= 15 is 8.78 Å². The van der Waals surface area contributed by atoms with Gasteiger partial charge in [-0.15, -0.1) is 0 Å². The molecule has 0 saturated carbocycles. The quantitative estimate of drug-likeness (QED) is 0.114. The molecule has 454 valence electrons. The fourth-order valence-electron chi connectivity index (χ4n) is 14.9. The van der Waals surface area contributed by atoms with Crippen molar-refractivity contribution in [3.8, 4) is 66.8 Å². The molecule has 0 spiro atoms. The molecule has 18 aromatic rings. The van der Waals surface area contributed by atoms with Gasteiger partial charge in [0.2, 0.25) is 0 Å². The van der Waals surface area contributed by atoms with Gasteiger partial charge in [0.15, 0.2) is 22.8 Å². The van der Waals surface area contributed by atoms with Crippen LogP contribution in [-0.2, 0) is 0 Å². The average Bonchev–Trinajstić information content (AvgIpc) is 0.971. The summed E-state index contributed by atoms with van der Waals surface area (Å²) in [6, 6.07) is 107. The first-order valence-corrected chi connectivity index (χ1v) is 32.5. The fourth-order valence-corrected chi connectivity index (χ4v) is 14.9. The van der Waals surface area contributed by atoms with Crippen molar-refractivity contribution in [3.63, 3.8) is 0 Å². The Morgan fingerprint density at radius 2 is 0.562 bits per heavy atom. The minimum absolute atomic E-state index is 0.344. The van der Waals surface area contributed by atoms with E-state index < -0.39 is 11.6 Å². The van der Waals surface area contributed by atoms with E-state index in [4.69, 9.17) is 8.83 Å². The Balaban J connectivity index is 0.930. The fraction of sp³-hybridized carbons (Fsp3) is 0.0222. The maximum Gasteiger partial charge on any atom is 0.159 e. The van der Waals surface area contributed by atoms with Gasteiger partial charge in [0.25, 0.3) is 0 Å². The van der Waals surface area contributed by atoms with Gasteiger partial charge in [-0.3, -0.25) is 0 Å². The molecule has 0 bridgehead atoms. The molecular weight excluding hydrogens is 1180 g/mol. The summed E-state index contributed by atoms with van der Waals surface area (Å²) in [6.45, 7) is 4.25. The first kappa shape index (κ1) is 56.4. The summed E-state index contributed by atoms with van der Waals surface area (Å²) in [5.41, 5.74) is 18.6. The molecule has 16 aromatic carbocycles. The van der Waals surface area contributed by atoms with Crippen molar-refractivity contribution in [1.82, 2.24) is 0 Å². The predicted molar refractivity (Wildman–Crippen MR) is 396 cm³/mol. The van der Waals surface area contributed by atoms with Crippen molar-refractivity contribution in [3.05, 3.63) is 338 Å². The van der Waals surface area contributed by atoms with Gasteiger partial charge >= 0.3 is 0 Å². The Kier molecular flexibility index (Phi) is 13.3. The van der Waals surface area contributed by atoms with Crippen molar-refractivity contribution < 1.29 is 17.6 Å². The zero-order valence-corrected chi connectivity index (χ0v) is 52.5. The largest absolute Gasteiger partial charge is 0.453 e. The normalized spacial score (nSPS) is 11.8. The van der Waals surface area contributed by atoms with Crippen LogP contribution in [0.4, 0.5) is 42.9 Å². The lowest BCUT2D eigenvalue weighted by Crippen LogP contribution is -2.14. The highest BCUT2D eigenvalue weighted by molar-refractivity contribution is 6.29. The lowest BCUT2D eigenvalue weighted by atomic mass is 9.91.